The average Bonchev–Trinajstić information content (AvgIpc) is 3.07. The van der Waals surface area contributed by atoms with Crippen molar-refractivity contribution < 1.29 is 19.2 Å². The van der Waals surface area contributed by atoms with Crippen molar-refractivity contribution >= 4 is 23.6 Å². The maximum Gasteiger partial charge on any atom is 0.255 e. The maximum absolute atomic E-state index is 12.8. The summed E-state index contributed by atoms with van der Waals surface area (Å²) < 4.78 is 0. The van der Waals surface area contributed by atoms with Gasteiger partial charge in [-0.1, -0.05) is 6.07 Å². The zero-order valence-corrected chi connectivity index (χ0v) is 16.9. The van der Waals surface area contributed by atoms with Gasteiger partial charge in [-0.15, -0.1) is 0 Å². The van der Waals surface area contributed by atoms with E-state index in [0.717, 1.165) is 22.4 Å². The molecule has 160 valence electrons. The van der Waals surface area contributed by atoms with E-state index in [2.05, 4.69) is 15.6 Å². The third-order valence-electron chi connectivity index (χ3n) is 5.52. The minimum atomic E-state index is -0.631. The van der Waals surface area contributed by atoms with Gasteiger partial charge in [-0.3, -0.25) is 29.5 Å². The van der Waals surface area contributed by atoms with Gasteiger partial charge in [-0.05, 0) is 41.8 Å². The lowest BCUT2D eigenvalue weighted by Crippen LogP contribution is -2.52. The Hall–Kier alpha value is -3.59. The first-order chi connectivity index (χ1) is 14.9. The summed E-state index contributed by atoms with van der Waals surface area (Å²) in [7, 11) is 0. The maximum atomic E-state index is 12.8. The van der Waals surface area contributed by atoms with E-state index in [-0.39, 0.29) is 30.6 Å². The van der Waals surface area contributed by atoms with Crippen LogP contribution in [0.4, 0.5) is 0 Å². The minimum Gasteiger partial charge on any atom is -0.370 e. The smallest absolute Gasteiger partial charge is 0.255 e. The highest BCUT2D eigenvalue weighted by Gasteiger charge is 2.39. The number of carbonyl (C=O) groups is 4. The van der Waals surface area contributed by atoms with Crippen LogP contribution in [0.1, 0.15) is 40.7 Å². The summed E-state index contributed by atoms with van der Waals surface area (Å²) in [5.74, 6) is -1.27. The zero-order chi connectivity index (χ0) is 22.0. The second-order valence-electron chi connectivity index (χ2n) is 7.71. The predicted octanol–water partition coefficient (Wildman–Crippen LogP) is 0.475. The van der Waals surface area contributed by atoms with Gasteiger partial charge in [0.25, 0.3) is 5.91 Å². The van der Waals surface area contributed by atoms with Gasteiger partial charge in [0.2, 0.25) is 17.7 Å². The SMILES string of the molecule is NC(=O)CCNCc1ccnc(-c2ccc3c(c2)CN(C2CCC(=O)NC2=O)C3=O)c1. The Morgan fingerprint density at radius 1 is 1.23 bits per heavy atom. The molecule has 4 N–H and O–H groups in total. The fraction of sp³-hybridized carbons (Fsp3) is 0.318. The molecular weight excluding hydrogens is 398 g/mol. The fourth-order valence-corrected chi connectivity index (χ4v) is 3.92. The van der Waals surface area contributed by atoms with Crippen molar-refractivity contribution in [3.05, 3.63) is 53.2 Å². The van der Waals surface area contributed by atoms with Crippen LogP contribution < -0.4 is 16.4 Å². The summed E-state index contributed by atoms with van der Waals surface area (Å²) in [5, 5.41) is 5.48. The Morgan fingerprint density at radius 3 is 2.84 bits per heavy atom. The molecule has 4 amide bonds. The number of primary amides is 1. The van der Waals surface area contributed by atoms with Gasteiger partial charge >= 0.3 is 0 Å². The normalized spacial score (nSPS) is 18.1. The number of nitrogens with one attached hydrogen (secondary N) is 2. The molecule has 31 heavy (non-hydrogen) atoms. The largest absolute Gasteiger partial charge is 0.370 e. The molecule has 1 saturated heterocycles. The number of hydrogen-bond donors (Lipinski definition) is 3. The third kappa shape index (κ3) is 4.46. The number of imide groups is 1. The summed E-state index contributed by atoms with van der Waals surface area (Å²) in [6.07, 6.45) is 2.56. The number of nitrogens with zero attached hydrogens (tertiary/aromatic N) is 2. The molecule has 0 radical (unpaired) electrons. The van der Waals surface area contributed by atoms with Gasteiger partial charge < -0.3 is 16.0 Å². The molecule has 1 unspecified atom stereocenters. The minimum absolute atomic E-state index is 0.198. The molecule has 2 aliphatic rings. The lowest BCUT2D eigenvalue weighted by molar-refractivity contribution is -0.137. The van der Waals surface area contributed by atoms with Crippen molar-refractivity contribution in [1.82, 2.24) is 20.5 Å². The van der Waals surface area contributed by atoms with Crippen LogP contribution in [-0.4, -0.2) is 46.1 Å². The van der Waals surface area contributed by atoms with E-state index in [1.54, 1.807) is 12.3 Å². The average molecular weight is 421 g/mol. The van der Waals surface area contributed by atoms with Crippen molar-refractivity contribution in [1.29, 1.82) is 0 Å². The highest BCUT2D eigenvalue weighted by atomic mass is 16.2. The molecule has 1 atom stereocenters. The number of nitrogens with two attached hydrogens (primary N) is 1. The fourth-order valence-electron chi connectivity index (χ4n) is 3.92. The van der Waals surface area contributed by atoms with Gasteiger partial charge in [0.1, 0.15) is 6.04 Å². The van der Waals surface area contributed by atoms with Gasteiger partial charge in [0, 0.05) is 49.8 Å². The number of amides is 4. The molecule has 2 aliphatic heterocycles. The molecule has 0 aliphatic carbocycles. The van der Waals surface area contributed by atoms with Crippen LogP contribution in [0.2, 0.25) is 0 Å². The number of carbonyl (C=O) groups excluding carboxylic acids is 4. The highest BCUT2D eigenvalue weighted by molar-refractivity contribution is 6.05. The molecule has 1 aromatic heterocycles. The number of aromatic nitrogens is 1. The van der Waals surface area contributed by atoms with Crippen molar-refractivity contribution in [2.75, 3.05) is 6.54 Å². The summed E-state index contributed by atoms with van der Waals surface area (Å²) in [5.41, 5.74) is 9.19. The first-order valence-electron chi connectivity index (χ1n) is 10.1. The predicted molar refractivity (Wildman–Crippen MR) is 111 cm³/mol. The summed E-state index contributed by atoms with van der Waals surface area (Å²) in [4.78, 5) is 53.2. The third-order valence-corrected chi connectivity index (χ3v) is 5.52. The van der Waals surface area contributed by atoms with Crippen molar-refractivity contribution in [3.8, 4) is 11.3 Å². The number of pyridine rings is 1. The van der Waals surface area contributed by atoms with Crippen LogP contribution in [0.5, 0.6) is 0 Å². The number of piperidine rings is 1. The molecule has 1 aromatic carbocycles. The second kappa shape index (κ2) is 8.65. The van der Waals surface area contributed by atoms with Gasteiger partial charge in [0.15, 0.2) is 0 Å². The van der Waals surface area contributed by atoms with Crippen LogP contribution in [0.25, 0.3) is 11.3 Å². The van der Waals surface area contributed by atoms with Crippen molar-refractivity contribution in [2.45, 2.75) is 38.4 Å². The molecule has 4 rings (SSSR count). The van der Waals surface area contributed by atoms with Gasteiger partial charge in [-0.2, -0.15) is 0 Å². The quantitative estimate of drug-likeness (QED) is 0.440. The highest BCUT2D eigenvalue weighted by Crippen LogP contribution is 2.30. The Labute approximate surface area is 179 Å². The number of hydrogen-bond acceptors (Lipinski definition) is 6. The Kier molecular flexibility index (Phi) is 5.77. The number of benzene rings is 1. The van der Waals surface area contributed by atoms with Crippen LogP contribution in [0, 0.1) is 0 Å². The molecule has 9 nitrogen and oxygen atoms in total. The second-order valence-corrected chi connectivity index (χ2v) is 7.71. The first kappa shape index (κ1) is 20.7. The molecule has 9 heteroatoms. The van der Waals surface area contributed by atoms with E-state index < -0.39 is 11.9 Å². The van der Waals surface area contributed by atoms with Gasteiger partial charge in [-0.25, -0.2) is 0 Å². The molecule has 2 aromatic rings. The molecule has 1 fully saturated rings. The van der Waals surface area contributed by atoms with E-state index in [1.165, 1.54) is 4.90 Å². The summed E-state index contributed by atoms with van der Waals surface area (Å²) in [6, 6.07) is 8.74. The zero-order valence-electron chi connectivity index (χ0n) is 16.9. The van der Waals surface area contributed by atoms with Crippen LogP contribution in [0.15, 0.2) is 36.5 Å². The first-order valence-corrected chi connectivity index (χ1v) is 10.1. The number of fused-ring (bicyclic) bond motifs is 1. The lowest BCUT2D eigenvalue weighted by Gasteiger charge is -2.29. The van der Waals surface area contributed by atoms with E-state index in [4.69, 9.17) is 5.73 Å². The monoisotopic (exact) mass is 421 g/mol. The van der Waals surface area contributed by atoms with Gasteiger partial charge in [0.05, 0.1) is 5.69 Å². The van der Waals surface area contributed by atoms with Crippen molar-refractivity contribution in [2.24, 2.45) is 5.73 Å². The Morgan fingerprint density at radius 2 is 2.06 bits per heavy atom. The number of rotatable bonds is 7. The molecular formula is C22H23N5O4. The summed E-state index contributed by atoms with van der Waals surface area (Å²) in [6.45, 7) is 1.41. The molecule has 0 saturated carbocycles. The van der Waals surface area contributed by atoms with E-state index in [9.17, 15) is 19.2 Å². The molecule has 3 heterocycles. The van der Waals surface area contributed by atoms with Crippen LogP contribution in [0.3, 0.4) is 0 Å². The standard InChI is InChI=1S/C22H23N5O4/c23-19(28)6-7-24-11-13-5-8-25-17(9-13)14-1-2-16-15(10-14)12-27(22(16)31)18-3-4-20(29)26-21(18)30/h1-2,5,8-10,18,24H,3-4,6-7,11-12H2,(H2,23,28)(H,26,29,30). The Bertz CT molecular complexity index is 1070. The van der Waals surface area contributed by atoms with E-state index in [1.807, 2.05) is 24.3 Å². The molecule has 0 bridgehead atoms. The summed E-state index contributed by atoms with van der Waals surface area (Å²) >= 11 is 0. The molecule has 0 spiro atoms. The van der Waals surface area contributed by atoms with E-state index in [0.29, 0.717) is 31.6 Å². The van der Waals surface area contributed by atoms with E-state index >= 15 is 0 Å². The van der Waals surface area contributed by atoms with Crippen molar-refractivity contribution in [3.63, 3.8) is 0 Å². The topological polar surface area (TPSA) is 134 Å². The van der Waals surface area contributed by atoms with Crippen LogP contribution in [-0.2, 0) is 27.5 Å². The van der Waals surface area contributed by atoms with Crippen LogP contribution >= 0.6 is 0 Å². The Balaban J connectivity index is 1.48. The lowest BCUT2D eigenvalue weighted by atomic mass is 10.0.